The van der Waals surface area contributed by atoms with Gasteiger partial charge in [0.25, 0.3) is 0 Å². The third kappa shape index (κ3) is 4.51. The van der Waals surface area contributed by atoms with Gasteiger partial charge in [-0.25, -0.2) is 4.39 Å². The maximum absolute atomic E-state index is 12.3. The predicted molar refractivity (Wildman–Crippen MR) is 54.6 cm³/mol. The van der Waals surface area contributed by atoms with E-state index < -0.39 is 0 Å². The molecule has 1 aromatic rings. The van der Waals surface area contributed by atoms with E-state index >= 15 is 0 Å². The van der Waals surface area contributed by atoms with Crippen LogP contribution in [-0.4, -0.2) is 14.1 Å². The highest BCUT2D eigenvalue weighted by Crippen LogP contribution is 2.14. The van der Waals surface area contributed by atoms with Crippen molar-refractivity contribution in [3.8, 4) is 0 Å². The van der Waals surface area contributed by atoms with Gasteiger partial charge >= 0.3 is 0 Å². The van der Waals surface area contributed by atoms with Crippen molar-refractivity contribution in [3.05, 3.63) is 30.1 Å². The summed E-state index contributed by atoms with van der Waals surface area (Å²) in [6.45, 7) is 0. The molecule has 0 aliphatic heterocycles. The minimum Gasteiger partial charge on any atom is -0.378 e. The van der Waals surface area contributed by atoms with E-state index in [0.29, 0.717) is 0 Å². The van der Waals surface area contributed by atoms with Gasteiger partial charge in [-0.3, -0.25) is 0 Å². The second-order valence-electron chi connectivity index (χ2n) is 3.43. The van der Waals surface area contributed by atoms with E-state index in [0.717, 1.165) is 5.69 Å². The Morgan fingerprint density at radius 3 is 1.77 bits per heavy atom. The molecule has 0 bridgehead atoms. The average Bonchev–Trinajstić information content (AvgIpc) is 2.90. The van der Waals surface area contributed by atoms with Crippen LogP contribution in [0.5, 0.6) is 0 Å². The number of rotatable bonds is 1. The quantitative estimate of drug-likeness (QED) is 0.643. The first kappa shape index (κ1) is 10.0. The van der Waals surface area contributed by atoms with Crippen molar-refractivity contribution in [2.75, 3.05) is 19.0 Å². The van der Waals surface area contributed by atoms with E-state index in [-0.39, 0.29) is 5.82 Å². The minimum absolute atomic E-state index is 0.189. The molecule has 1 aliphatic carbocycles. The highest BCUT2D eigenvalue weighted by molar-refractivity contribution is 5.44. The molecule has 0 amide bonds. The fourth-order valence-electron chi connectivity index (χ4n) is 0.739. The zero-order valence-electron chi connectivity index (χ0n) is 8.26. The summed E-state index contributed by atoms with van der Waals surface area (Å²) in [6, 6.07) is 6.40. The molecule has 0 spiro atoms. The number of anilines is 1. The van der Waals surface area contributed by atoms with Gasteiger partial charge in [-0.05, 0) is 24.3 Å². The van der Waals surface area contributed by atoms with Crippen LogP contribution >= 0.6 is 0 Å². The monoisotopic (exact) mass is 181 g/mol. The molecule has 13 heavy (non-hydrogen) atoms. The van der Waals surface area contributed by atoms with Crippen molar-refractivity contribution in [1.82, 2.24) is 0 Å². The van der Waals surface area contributed by atoms with Crippen molar-refractivity contribution in [2.24, 2.45) is 0 Å². The lowest BCUT2D eigenvalue weighted by atomic mass is 10.3. The third-order valence-electron chi connectivity index (χ3n) is 1.70. The van der Waals surface area contributed by atoms with Crippen LogP contribution in [0.15, 0.2) is 24.3 Å². The van der Waals surface area contributed by atoms with E-state index in [1.54, 1.807) is 12.1 Å². The molecule has 0 radical (unpaired) electrons. The summed E-state index contributed by atoms with van der Waals surface area (Å²) in [6.07, 6.45) is 4.50. The van der Waals surface area contributed by atoms with Gasteiger partial charge in [0.15, 0.2) is 0 Å². The molecule has 1 nitrogen and oxygen atoms in total. The van der Waals surface area contributed by atoms with E-state index in [1.807, 2.05) is 19.0 Å². The molecule has 1 aromatic carbocycles. The largest absolute Gasteiger partial charge is 0.378 e. The molecule has 1 aliphatic rings. The zero-order chi connectivity index (χ0) is 9.68. The summed E-state index contributed by atoms with van der Waals surface area (Å²) in [5, 5.41) is 0. The van der Waals surface area contributed by atoms with Gasteiger partial charge in [0.05, 0.1) is 0 Å². The van der Waals surface area contributed by atoms with Crippen LogP contribution in [0.25, 0.3) is 0 Å². The van der Waals surface area contributed by atoms with Gasteiger partial charge in [0.1, 0.15) is 5.82 Å². The third-order valence-corrected chi connectivity index (χ3v) is 1.70. The molecule has 0 N–H and O–H groups in total. The number of hydrogen-bond donors (Lipinski definition) is 0. The Hall–Kier alpha value is -1.05. The molecule has 0 atom stereocenters. The normalized spacial score (nSPS) is 12.8. The second-order valence-corrected chi connectivity index (χ2v) is 3.43. The van der Waals surface area contributed by atoms with Gasteiger partial charge in [0, 0.05) is 19.8 Å². The van der Waals surface area contributed by atoms with E-state index in [9.17, 15) is 4.39 Å². The second kappa shape index (κ2) is 4.85. The van der Waals surface area contributed by atoms with Gasteiger partial charge in [-0.1, -0.05) is 19.3 Å². The highest BCUT2D eigenvalue weighted by atomic mass is 19.1. The fraction of sp³-hybridized carbons (Fsp3) is 0.455. The van der Waals surface area contributed by atoms with Gasteiger partial charge in [-0.15, -0.1) is 0 Å². The molecule has 0 heterocycles. The maximum Gasteiger partial charge on any atom is 0.123 e. The Kier molecular flexibility index (Phi) is 3.74. The molecule has 2 heteroatoms. The molecule has 72 valence electrons. The van der Waals surface area contributed by atoms with Crippen molar-refractivity contribution in [3.63, 3.8) is 0 Å². The Morgan fingerprint density at radius 1 is 1.00 bits per heavy atom. The lowest BCUT2D eigenvalue weighted by molar-refractivity contribution is 0.628. The number of benzene rings is 1. The van der Waals surface area contributed by atoms with Gasteiger partial charge < -0.3 is 4.90 Å². The van der Waals surface area contributed by atoms with Crippen molar-refractivity contribution < 1.29 is 4.39 Å². The van der Waals surface area contributed by atoms with Gasteiger partial charge in [-0.2, -0.15) is 0 Å². The molecule has 2 rings (SSSR count). The number of halogens is 1. The summed E-state index contributed by atoms with van der Waals surface area (Å²) < 4.78 is 12.3. The molecule has 0 unspecified atom stereocenters. The van der Waals surface area contributed by atoms with Crippen molar-refractivity contribution >= 4 is 5.69 Å². The molecular formula is C11H16FN. The molecule has 1 saturated carbocycles. The van der Waals surface area contributed by atoms with Crippen LogP contribution in [0.4, 0.5) is 10.1 Å². The van der Waals surface area contributed by atoms with Gasteiger partial charge in [0.2, 0.25) is 0 Å². The van der Waals surface area contributed by atoms with E-state index in [4.69, 9.17) is 0 Å². The van der Waals surface area contributed by atoms with Crippen LogP contribution < -0.4 is 4.90 Å². The lowest BCUT2D eigenvalue weighted by Gasteiger charge is -2.10. The first-order valence-electron chi connectivity index (χ1n) is 4.63. The average molecular weight is 181 g/mol. The highest BCUT2D eigenvalue weighted by Gasteiger charge is 1.95. The van der Waals surface area contributed by atoms with E-state index in [1.165, 1.54) is 31.4 Å². The Balaban J connectivity index is 0.000000236. The molecular weight excluding hydrogens is 165 g/mol. The van der Waals surface area contributed by atoms with E-state index in [2.05, 4.69) is 0 Å². The molecule has 0 aromatic heterocycles. The summed E-state index contributed by atoms with van der Waals surface area (Å²) in [5.74, 6) is -0.189. The van der Waals surface area contributed by atoms with Crippen molar-refractivity contribution in [1.29, 1.82) is 0 Å². The Labute approximate surface area is 79.2 Å². The lowest BCUT2D eigenvalue weighted by Crippen LogP contribution is -2.07. The molecule has 0 saturated heterocycles. The predicted octanol–water partition coefficient (Wildman–Crippen LogP) is 3.06. The topological polar surface area (TPSA) is 3.24 Å². The minimum atomic E-state index is -0.189. The SMILES string of the molecule is C1CC1.CN(C)c1ccc(F)cc1. The summed E-state index contributed by atoms with van der Waals surface area (Å²) in [5.41, 5.74) is 1.02. The van der Waals surface area contributed by atoms with Crippen LogP contribution in [0.1, 0.15) is 19.3 Å². The smallest absolute Gasteiger partial charge is 0.123 e. The van der Waals surface area contributed by atoms with Crippen molar-refractivity contribution in [2.45, 2.75) is 19.3 Å². The standard InChI is InChI=1S/C8H10FN.C3H6/c1-10(2)8-5-3-7(9)4-6-8;1-2-3-1/h3-6H,1-2H3;1-3H2. The first-order valence-corrected chi connectivity index (χ1v) is 4.63. The summed E-state index contributed by atoms with van der Waals surface area (Å²) in [4.78, 5) is 1.93. The molecule has 1 fully saturated rings. The first-order chi connectivity index (χ1) is 6.20. The summed E-state index contributed by atoms with van der Waals surface area (Å²) >= 11 is 0. The summed E-state index contributed by atoms with van der Waals surface area (Å²) in [7, 11) is 3.85. The Bertz CT molecular complexity index is 236. The number of hydrogen-bond acceptors (Lipinski definition) is 1. The Morgan fingerprint density at radius 2 is 1.46 bits per heavy atom. The van der Waals surface area contributed by atoms with Crippen LogP contribution in [-0.2, 0) is 0 Å². The maximum atomic E-state index is 12.3. The fourth-order valence-corrected chi connectivity index (χ4v) is 0.739. The zero-order valence-corrected chi connectivity index (χ0v) is 8.26. The number of nitrogens with zero attached hydrogens (tertiary/aromatic N) is 1. The van der Waals surface area contributed by atoms with Crippen LogP contribution in [0.3, 0.4) is 0 Å². The van der Waals surface area contributed by atoms with Crippen LogP contribution in [0, 0.1) is 5.82 Å². The van der Waals surface area contributed by atoms with Crippen LogP contribution in [0.2, 0.25) is 0 Å².